The monoisotopic (exact) mass is 524 g/mol. The Balaban J connectivity index is 1.43. The standard InChI is InChI=1S/C32H36N4O3/c1-19-6-13-28-23(16-19)18-36(14-15-39-28)26-11-9-21-7-8-22(17-25(21)26)29(32(3,4)31(37)38)24-10-12-27-30(20(24)2)33-34-35(27)5/h6-8,10,12-13,16-17,26,29H,9,11,14-15,18H2,1-5H3,(H,37,38). The number of nitrogens with zero attached hydrogens (tertiary/aromatic N) is 4. The van der Waals surface area contributed by atoms with Crippen molar-refractivity contribution in [3.8, 4) is 5.75 Å². The predicted molar refractivity (Wildman–Crippen MR) is 151 cm³/mol. The molecule has 0 saturated heterocycles. The van der Waals surface area contributed by atoms with Crippen molar-refractivity contribution in [2.45, 2.75) is 59.0 Å². The van der Waals surface area contributed by atoms with Gasteiger partial charge in [0.15, 0.2) is 0 Å². The van der Waals surface area contributed by atoms with Gasteiger partial charge in [-0.1, -0.05) is 47.2 Å². The summed E-state index contributed by atoms with van der Waals surface area (Å²) in [6.45, 7) is 10.2. The van der Waals surface area contributed by atoms with E-state index in [4.69, 9.17) is 4.74 Å². The number of fused-ring (bicyclic) bond motifs is 3. The number of hydrogen-bond acceptors (Lipinski definition) is 5. The lowest BCUT2D eigenvalue weighted by molar-refractivity contribution is -0.147. The number of hydrogen-bond donors (Lipinski definition) is 1. The molecule has 1 N–H and O–H groups in total. The SMILES string of the molecule is Cc1ccc2c(c1)CN(C1CCc3ccc(C(c4ccc5c(nnn5C)c4C)C(C)(C)C(=O)O)cc31)CCO2. The van der Waals surface area contributed by atoms with Crippen LogP contribution in [0.4, 0.5) is 0 Å². The molecule has 2 heterocycles. The normalized spacial score (nSPS) is 18.3. The van der Waals surface area contributed by atoms with E-state index in [0.29, 0.717) is 6.61 Å². The number of rotatable bonds is 5. The van der Waals surface area contributed by atoms with E-state index >= 15 is 0 Å². The molecule has 2 aliphatic rings. The lowest BCUT2D eigenvalue weighted by Gasteiger charge is -2.33. The zero-order valence-corrected chi connectivity index (χ0v) is 23.4. The molecule has 6 rings (SSSR count). The Morgan fingerprint density at radius 3 is 2.72 bits per heavy atom. The van der Waals surface area contributed by atoms with Crippen LogP contribution in [0.3, 0.4) is 0 Å². The van der Waals surface area contributed by atoms with Crippen LogP contribution in [0.15, 0.2) is 48.5 Å². The molecular formula is C32H36N4O3. The fraction of sp³-hybridized carbons (Fsp3) is 0.406. The molecule has 0 fully saturated rings. The molecule has 39 heavy (non-hydrogen) atoms. The first-order valence-electron chi connectivity index (χ1n) is 13.8. The summed E-state index contributed by atoms with van der Waals surface area (Å²) in [7, 11) is 1.88. The van der Waals surface area contributed by atoms with Crippen molar-refractivity contribution >= 4 is 17.0 Å². The van der Waals surface area contributed by atoms with Gasteiger partial charge in [0.1, 0.15) is 17.9 Å². The van der Waals surface area contributed by atoms with Crippen molar-refractivity contribution in [1.29, 1.82) is 0 Å². The van der Waals surface area contributed by atoms with Crippen molar-refractivity contribution in [3.05, 3.63) is 87.5 Å². The van der Waals surface area contributed by atoms with Crippen LogP contribution in [0, 0.1) is 19.3 Å². The lowest BCUT2D eigenvalue weighted by atomic mass is 9.69. The molecule has 2 atom stereocenters. The average molecular weight is 525 g/mol. The fourth-order valence-corrected chi connectivity index (χ4v) is 6.64. The molecule has 4 aromatic rings. The smallest absolute Gasteiger partial charge is 0.310 e. The van der Waals surface area contributed by atoms with Crippen molar-refractivity contribution in [2.24, 2.45) is 12.5 Å². The Hall–Kier alpha value is -3.71. The van der Waals surface area contributed by atoms with Crippen molar-refractivity contribution in [2.75, 3.05) is 13.2 Å². The summed E-state index contributed by atoms with van der Waals surface area (Å²) < 4.78 is 7.86. The van der Waals surface area contributed by atoms with Gasteiger partial charge in [-0.15, -0.1) is 5.10 Å². The first-order chi connectivity index (χ1) is 18.6. The Bertz CT molecular complexity index is 1590. The number of ether oxygens (including phenoxy) is 1. The molecule has 7 heteroatoms. The number of carboxylic acid groups (broad SMARTS) is 1. The molecule has 0 saturated carbocycles. The molecule has 1 aliphatic heterocycles. The fourth-order valence-electron chi connectivity index (χ4n) is 6.64. The Labute approximate surface area is 229 Å². The molecule has 0 spiro atoms. The predicted octanol–water partition coefficient (Wildman–Crippen LogP) is 5.71. The van der Waals surface area contributed by atoms with Gasteiger partial charge in [-0.05, 0) is 80.5 Å². The Morgan fingerprint density at radius 1 is 1.10 bits per heavy atom. The highest BCUT2D eigenvalue weighted by Crippen LogP contribution is 2.46. The first-order valence-corrected chi connectivity index (χ1v) is 13.8. The van der Waals surface area contributed by atoms with E-state index in [0.717, 1.165) is 59.4 Å². The maximum absolute atomic E-state index is 12.7. The van der Waals surface area contributed by atoms with E-state index < -0.39 is 11.4 Å². The average Bonchev–Trinajstić information content (AvgIpc) is 3.43. The molecule has 0 amide bonds. The number of aryl methyl sites for hydroxylation is 4. The summed E-state index contributed by atoms with van der Waals surface area (Å²) in [6, 6.07) is 17.4. The topological polar surface area (TPSA) is 80.5 Å². The molecule has 7 nitrogen and oxygen atoms in total. The zero-order valence-electron chi connectivity index (χ0n) is 23.4. The third kappa shape index (κ3) is 4.29. The molecule has 0 bridgehead atoms. The second-order valence-corrected chi connectivity index (χ2v) is 11.8. The van der Waals surface area contributed by atoms with E-state index in [-0.39, 0.29) is 12.0 Å². The minimum Gasteiger partial charge on any atom is -0.492 e. The summed E-state index contributed by atoms with van der Waals surface area (Å²) in [5, 5.41) is 19.0. The van der Waals surface area contributed by atoms with Gasteiger partial charge in [0.2, 0.25) is 0 Å². The second kappa shape index (κ2) is 9.49. The maximum Gasteiger partial charge on any atom is 0.310 e. The van der Waals surface area contributed by atoms with Crippen molar-refractivity contribution < 1.29 is 14.6 Å². The minimum atomic E-state index is -1.03. The molecule has 1 aromatic heterocycles. The molecule has 0 radical (unpaired) electrons. The Kier molecular flexibility index (Phi) is 6.22. The van der Waals surface area contributed by atoms with Gasteiger partial charge >= 0.3 is 5.97 Å². The van der Waals surface area contributed by atoms with Crippen LogP contribution in [0.2, 0.25) is 0 Å². The van der Waals surface area contributed by atoms with Gasteiger partial charge in [0, 0.05) is 37.7 Å². The molecule has 1 aliphatic carbocycles. The summed E-state index contributed by atoms with van der Waals surface area (Å²) in [6.07, 6.45) is 2.08. The van der Waals surface area contributed by atoms with Crippen molar-refractivity contribution in [3.63, 3.8) is 0 Å². The summed E-state index contributed by atoms with van der Waals surface area (Å²) in [5.41, 5.74) is 8.86. The minimum absolute atomic E-state index is 0.271. The highest BCUT2D eigenvalue weighted by molar-refractivity contribution is 5.81. The van der Waals surface area contributed by atoms with Gasteiger partial charge in [0.05, 0.1) is 10.9 Å². The molecular weight excluding hydrogens is 488 g/mol. The van der Waals surface area contributed by atoms with Crippen molar-refractivity contribution in [1.82, 2.24) is 19.9 Å². The number of aliphatic carboxylic acids is 1. The molecule has 2 unspecified atom stereocenters. The van der Waals surface area contributed by atoms with E-state index in [2.05, 4.69) is 64.6 Å². The van der Waals surface area contributed by atoms with E-state index in [1.807, 2.05) is 33.9 Å². The number of carbonyl (C=O) groups is 1. The molecule has 3 aromatic carbocycles. The van der Waals surface area contributed by atoms with Crippen LogP contribution in [0.5, 0.6) is 5.75 Å². The largest absolute Gasteiger partial charge is 0.492 e. The maximum atomic E-state index is 12.7. The van der Waals surface area contributed by atoms with Crippen LogP contribution < -0.4 is 4.74 Å². The van der Waals surface area contributed by atoms with E-state index in [9.17, 15) is 9.90 Å². The van der Waals surface area contributed by atoms with Crippen LogP contribution in [0.25, 0.3) is 11.0 Å². The van der Waals surface area contributed by atoms with Crippen LogP contribution in [-0.2, 0) is 24.8 Å². The number of aromatic nitrogens is 3. The summed E-state index contributed by atoms with van der Waals surface area (Å²) >= 11 is 0. The van der Waals surface area contributed by atoms with Gasteiger partial charge in [-0.25, -0.2) is 4.68 Å². The van der Waals surface area contributed by atoms with Crippen LogP contribution >= 0.6 is 0 Å². The number of carboxylic acids is 1. The van der Waals surface area contributed by atoms with Crippen LogP contribution in [-0.4, -0.2) is 44.1 Å². The third-order valence-corrected chi connectivity index (χ3v) is 8.88. The van der Waals surface area contributed by atoms with Crippen LogP contribution in [0.1, 0.15) is 71.2 Å². The van der Waals surface area contributed by atoms with Gasteiger partial charge in [-0.2, -0.15) is 0 Å². The summed E-state index contributed by atoms with van der Waals surface area (Å²) in [5.74, 6) is -0.183. The third-order valence-electron chi connectivity index (χ3n) is 8.88. The van der Waals surface area contributed by atoms with Gasteiger partial charge in [-0.3, -0.25) is 9.69 Å². The second-order valence-electron chi connectivity index (χ2n) is 11.8. The van der Waals surface area contributed by atoms with Gasteiger partial charge in [0.25, 0.3) is 0 Å². The lowest BCUT2D eigenvalue weighted by Crippen LogP contribution is -2.33. The summed E-state index contributed by atoms with van der Waals surface area (Å²) in [4.78, 5) is 15.2. The van der Waals surface area contributed by atoms with E-state index in [1.54, 1.807) is 4.68 Å². The zero-order chi connectivity index (χ0) is 27.5. The highest BCUT2D eigenvalue weighted by Gasteiger charge is 2.41. The molecule has 202 valence electrons. The van der Waals surface area contributed by atoms with Gasteiger partial charge < -0.3 is 9.84 Å². The quantitative estimate of drug-likeness (QED) is 0.360. The first kappa shape index (κ1) is 25.6. The highest BCUT2D eigenvalue weighted by atomic mass is 16.5. The van der Waals surface area contributed by atoms with E-state index in [1.165, 1.54) is 22.3 Å². The Morgan fingerprint density at radius 2 is 1.92 bits per heavy atom. The number of benzene rings is 3.